The van der Waals surface area contributed by atoms with Gasteiger partial charge in [0.25, 0.3) is 0 Å². The van der Waals surface area contributed by atoms with Crippen LogP contribution in [0, 0.1) is 12.3 Å². The lowest BCUT2D eigenvalue weighted by atomic mass is 9.83. The van der Waals surface area contributed by atoms with Crippen molar-refractivity contribution >= 4 is 6.08 Å². The van der Waals surface area contributed by atoms with Crippen LogP contribution in [0.15, 0.2) is 29.8 Å². The quantitative estimate of drug-likeness (QED) is 0.599. The number of aryl methyl sites for hydroxylation is 1. The zero-order valence-corrected chi connectivity index (χ0v) is 12.6. The predicted octanol–water partition coefficient (Wildman–Crippen LogP) is 5.86. The smallest absolute Gasteiger partial charge is 0.0170 e. The van der Waals surface area contributed by atoms with E-state index in [2.05, 4.69) is 65.0 Å². The van der Waals surface area contributed by atoms with Gasteiger partial charge in [-0.15, -0.1) is 0 Å². The van der Waals surface area contributed by atoms with E-state index in [-0.39, 0.29) is 5.41 Å². The summed E-state index contributed by atoms with van der Waals surface area (Å²) >= 11 is 0. The first kappa shape index (κ1) is 16.0. The molecule has 0 saturated carbocycles. The van der Waals surface area contributed by atoms with Gasteiger partial charge in [0, 0.05) is 0 Å². The van der Waals surface area contributed by atoms with E-state index < -0.39 is 0 Å². The second-order valence-corrected chi connectivity index (χ2v) is 5.13. The first-order chi connectivity index (χ1) is 7.95. The largest absolute Gasteiger partial charge is 0.0683 e. The van der Waals surface area contributed by atoms with Crippen LogP contribution in [0.1, 0.15) is 59.1 Å². The van der Waals surface area contributed by atoms with E-state index in [0.29, 0.717) is 0 Å². The molecule has 17 heavy (non-hydrogen) atoms. The van der Waals surface area contributed by atoms with Crippen molar-refractivity contribution in [3.05, 3.63) is 41.0 Å². The summed E-state index contributed by atoms with van der Waals surface area (Å²) in [4.78, 5) is 0. The van der Waals surface area contributed by atoms with E-state index in [4.69, 9.17) is 0 Å². The third-order valence-corrected chi connectivity index (χ3v) is 2.86. The number of hydrogen-bond donors (Lipinski definition) is 0. The maximum atomic E-state index is 2.34. The van der Waals surface area contributed by atoms with E-state index >= 15 is 0 Å². The lowest BCUT2D eigenvalue weighted by molar-refractivity contribution is 0.492. The summed E-state index contributed by atoms with van der Waals surface area (Å²) in [6, 6.07) is 8.56. The zero-order valence-electron chi connectivity index (χ0n) is 12.6. The second-order valence-electron chi connectivity index (χ2n) is 5.13. The van der Waals surface area contributed by atoms with Gasteiger partial charge in [0.1, 0.15) is 0 Å². The van der Waals surface area contributed by atoms with E-state index in [1.165, 1.54) is 16.7 Å². The summed E-state index contributed by atoms with van der Waals surface area (Å²) in [7, 11) is 0. The minimum atomic E-state index is 0.275. The fourth-order valence-electron chi connectivity index (χ4n) is 1.79. The average molecular weight is 232 g/mol. The Kier molecular flexibility index (Phi) is 6.87. The summed E-state index contributed by atoms with van der Waals surface area (Å²) in [5.41, 5.74) is 4.49. The standard InChI is InChI=1S/C15H22.C2H6/c1-6-14(15(3,4)5)11-13-10-8-7-9-12(13)2;1-2/h7-11H,6H2,1-5H3;1-2H3/b14-11+;. The van der Waals surface area contributed by atoms with E-state index in [1.807, 2.05) is 13.8 Å². The molecule has 0 heteroatoms. The van der Waals surface area contributed by atoms with Crippen LogP contribution in [0.25, 0.3) is 6.08 Å². The highest BCUT2D eigenvalue weighted by molar-refractivity contribution is 5.57. The van der Waals surface area contributed by atoms with Crippen LogP contribution < -0.4 is 0 Å². The van der Waals surface area contributed by atoms with Crippen LogP contribution in [0.3, 0.4) is 0 Å². The maximum Gasteiger partial charge on any atom is -0.0170 e. The van der Waals surface area contributed by atoms with Gasteiger partial charge in [-0.1, -0.05) is 77.5 Å². The zero-order chi connectivity index (χ0) is 13.5. The van der Waals surface area contributed by atoms with E-state index in [1.54, 1.807) is 0 Å². The average Bonchev–Trinajstić information content (AvgIpc) is 2.29. The predicted molar refractivity (Wildman–Crippen MR) is 80.3 cm³/mol. The SMILES string of the molecule is CC.CC/C(=C\c1ccccc1C)C(C)(C)C. The summed E-state index contributed by atoms with van der Waals surface area (Å²) in [6.45, 7) is 15.2. The molecule has 0 nitrogen and oxygen atoms in total. The van der Waals surface area contributed by atoms with Crippen LogP contribution >= 0.6 is 0 Å². The molecule has 0 amide bonds. The molecule has 0 spiro atoms. The Morgan fingerprint density at radius 2 is 1.65 bits per heavy atom. The summed E-state index contributed by atoms with van der Waals surface area (Å²) in [5.74, 6) is 0. The second kappa shape index (κ2) is 7.32. The van der Waals surface area contributed by atoms with Crippen molar-refractivity contribution in [1.29, 1.82) is 0 Å². The Bertz CT molecular complexity index is 351. The Morgan fingerprint density at radius 1 is 1.12 bits per heavy atom. The minimum Gasteiger partial charge on any atom is -0.0683 e. The molecule has 0 aliphatic heterocycles. The minimum absolute atomic E-state index is 0.275. The van der Waals surface area contributed by atoms with Gasteiger partial charge in [-0.3, -0.25) is 0 Å². The van der Waals surface area contributed by atoms with Gasteiger partial charge in [0.2, 0.25) is 0 Å². The van der Waals surface area contributed by atoms with Gasteiger partial charge in [-0.2, -0.15) is 0 Å². The van der Waals surface area contributed by atoms with Crippen LogP contribution in [0.2, 0.25) is 0 Å². The molecule has 1 aromatic carbocycles. The van der Waals surface area contributed by atoms with Crippen LogP contribution in [0.5, 0.6) is 0 Å². The fraction of sp³-hybridized carbons (Fsp3) is 0.529. The molecule has 0 aliphatic carbocycles. The molecule has 0 saturated heterocycles. The highest BCUT2D eigenvalue weighted by Crippen LogP contribution is 2.30. The molecule has 0 N–H and O–H groups in total. The van der Waals surface area contributed by atoms with Crippen LogP contribution in [-0.4, -0.2) is 0 Å². The molecule has 0 unspecified atom stereocenters. The molecule has 0 fully saturated rings. The Balaban J connectivity index is 0.00000121. The van der Waals surface area contributed by atoms with Gasteiger partial charge in [-0.05, 0) is 29.9 Å². The Labute approximate surface area is 108 Å². The number of hydrogen-bond acceptors (Lipinski definition) is 0. The molecule has 0 aromatic heterocycles. The van der Waals surface area contributed by atoms with E-state index in [0.717, 1.165) is 6.42 Å². The van der Waals surface area contributed by atoms with Gasteiger partial charge in [-0.25, -0.2) is 0 Å². The summed E-state index contributed by atoms with van der Waals surface area (Å²) < 4.78 is 0. The molecular weight excluding hydrogens is 204 g/mol. The molecule has 1 aromatic rings. The molecule has 0 aliphatic rings. The molecule has 0 atom stereocenters. The normalized spacial score (nSPS) is 11.8. The maximum absolute atomic E-state index is 2.34. The number of rotatable bonds is 2. The Morgan fingerprint density at radius 3 is 2.06 bits per heavy atom. The van der Waals surface area contributed by atoms with Crippen LogP contribution in [-0.2, 0) is 0 Å². The van der Waals surface area contributed by atoms with Gasteiger partial charge in [0.05, 0.1) is 0 Å². The van der Waals surface area contributed by atoms with E-state index in [9.17, 15) is 0 Å². The lowest BCUT2D eigenvalue weighted by Crippen LogP contribution is -2.08. The van der Waals surface area contributed by atoms with Gasteiger partial charge >= 0.3 is 0 Å². The molecule has 0 heterocycles. The van der Waals surface area contributed by atoms with Gasteiger partial charge in [0.15, 0.2) is 0 Å². The van der Waals surface area contributed by atoms with Crippen molar-refractivity contribution in [2.75, 3.05) is 0 Å². The molecular formula is C17H28. The monoisotopic (exact) mass is 232 g/mol. The first-order valence-electron chi connectivity index (χ1n) is 6.72. The van der Waals surface area contributed by atoms with Crippen molar-refractivity contribution in [2.24, 2.45) is 5.41 Å². The highest BCUT2D eigenvalue weighted by atomic mass is 14.2. The lowest BCUT2D eigenvalue weighted by Gasteiger charge is -2.22. The van der Waals surface area contributed by atoms with Crippen molar-refractivity contribution < 1.29 is 0 Å². The third kappa shape index (κ3) is 5.21. The molecule has 96 valence electrons. The van der Waals surface area contributed by atoms with Crippen molar-refractivity contribution in [3.63, 3.8) is 0 Å². The number of allylic oxidation sites excluding steroid dienone is 1. The molecule has 1 rings (SSSR count). The highest BCUT2D eigenvalue weighted by Gasteiger charge is 2.15. The van der Waals surface area contributed by atoms with Crippen molar-refractivity contribution in [2.45, 2.75) is 54.9 Å². The van der Waals surface area contributed by atoms with Crippen molar-refractivity contribution in [3.8, 4) is 0 Å². The topological polar surface area (TPSA) is 0 Å². The Hall–Kier alpha value is -1.04. The van der Waals surface area contributed by atoms with Crippen LogP contribution in [0.4, 0.5) is 0 Å². The first-order valence-corrected chi connectivity index (χ1v) is 6.72. The number of benzene rings is 1. The molecule has 0 bridgehead atoms. The summed E-state index contributed by atoms with van der Waals surface area (Å²) in [5, 5.41) is 0. The third-order valence-electron chi connectivity index (χ3n) is 2.86. The summed E-state index contributed by atoms with van der Waals surface area (Å²) in [6.07, 6.45) is 3.47. The van der Waals surface area contributed by atoms with Crippen molar-refractivity contribution in [1.82, 2.24) is 0 Å². The molecule has 0 radical (unpaired) electrons. The fourth-order valence-corrected chi connectivity index (χ4v) is 1.79. The van der Waals surface area contributed by atoms with Gasteiger partial charge < -0.3 is 0 Å².